The maximum absolute atomic E-state index is 12.4. The summed E-state index contributed by atoms with van der Waals surface area (Å²) in [5.41, 5.74) is 2.38. The Labute approximate surface area is 139 Å². The van der Waals surface area contributed by atoms with Gasteiger partial charge in [-0.15, -0.1) is 0 Å². The van der Waals surface area contributed by atoms with E-state index in [1.165, 1.54) is 12.1 Å². The van der Waals surface area contributed by atoms with Gasteiger partial charge in [-0.05, 0) is 19.1 Å². The SMILES string of the molecule is CN1N=C(c2ccc(C(=O)N3CCOCC3)cc2)C(C)(NO)C1=O. The summed E-state index contributed by atoms with van der Waals surface area (Å²) in [4.78, 5) is 26.3. The van der Waals surface area contributed by atoms with Gasteiger partial charge in [0.05, 0.1) is 18.9 Å². The Bertz CT molecular complexity index is 682. The van der Waals surface area contributed by atoms with E-state index >= 15 is 0 Å². The van der Waals surface area contributed by atoms with E-state index in [-0.39, 0.29) is 11.8 Å². The molecule has 2 amide bonds. The van der Waals surface area contributed by atoms with Crippen LogP contribution in [0, 0.1) is 0 Å². The molecular formula is C16H20N4O4. The molecule has 8 heteroatoms. The number of benzene rings is 1. The maximum Gasteiger partial charge on any atom is 0.270 e. The summed E-state index contributed by atoms with van der Waals surface area (Å²) in [6, 6.07) is 6.87. The minimum atomic E-state index is -1.30. The van der Waals surface area contributed by atoms with E-state index in [4.69, 9.17) is 4.74 Å². The molecule has 1 aromatic carbocycles. The van der Waals surface area contributed by atoms with Crippen molar-refractivity contribution < 1.29 is 19.5 Å². The second kappa shape index (κ2) is 6.31. The Morgan fingerprint density at radius 3 is 2.50 bits per heavy atom. The van der Waals surface area contributed by atoms with Crippen LogP contribution in [0.5, 0.6) is 0 Å². The van der Waals surface area contributed by atoms with E-state index in [0.717, 1.165) is 0 Å². The number of hydrogen-bond acceptors (Lipinski definition) is 6. The van der Waals surface area contributed by atoms with Gasteiger partial charge < -0.3 is 14.8 Å². The Morgan fingerprint density at radius 1 is 1.29 bits per heavy atom. The molecule has 0 saturated carbocycles. The number of hydroxylamine groups is 1. The number of rotatable bonds is 3. The van der Waals surface area contributed by atoms with E-state index < -0.39 is 5.54 Å². The average molecular weight is 332 g/mol. The number of likely N-dealkylation sites (N-methyl/N-ethyl adjacent to an activating group) is 1. The number of carbonyl (C=O) groups excluding carboxylic acids is 2. The molecule has 2 aliphatic rings. The molecular weight excluding hydrogens is 312 g/mol. The normalized spacial score (nSPS) is 24.3. The van der Waals surface area contributed by atoms with Gasteiger partial charge in [-0.1, -0.05) is 12.1 Å². The molecule has 3 rings (SSSR count). The summed E-state index contributed by atoms with van der Waals surface area (Å²) < 4.78 is 5.25. The summed E-state index contributed by atoms with van der Waals surface area (Å²) in [7, 11) is 1.53. The predicted octanol–water partition coefficient (Wildman–Crippen LogP) is 0.0726. The standard InChI is InChI=1S/C16H20N4O4/c1-16(18-23)13(17-19(2)15(16)22)11-3-5-12(6-4-11)14(21)20-7-9-24-10-8-20/h3-6,18,23H,7-10H2,1-2H3. The van der Waals surface area contributed by atoms with Crippen LogP contribution in [0.2, 0.25) is 0 Å². The lowest BCUT2D eigenvalue weighted by Gasteiger charge is -2.27. The van der Waals surface area contributed by atoms with Crippen LogP contribution in [-0.2, 0) is 9.53 Å². The van der Waals surface area contributed by atoms with Crippen molar-refractivity contribution in [1.82, 2.24) is 15.4 Å². The van der Waals surface area contributed by atoms with Gasteiger partial charge in [-0.2, -0.15) is 10.6 Å². The second-order valence-corrected chi connectivity index (χ2v) is 6.00. The number of morpholine rings is 1. The first-order valence-electron chi connectivity index (χ1n) is 7.73. The van der Waals surface area contributed by atoms with Gasteiger partial charge in [0.15, 0.2) is 5.54 Å². The lowest BCUT2D eigenvalue weighted by atomic mass is 9.91. The van der Waals surface area contributed by atoms with Crippen molar-refractivity contribution in [3.8, 4) is 0 Å². The van der Waals surface area contributed by atoms with Crippen molar-refractivity contribution in [3.63, 3.8) is 0 Å². The van der Waals surface area contributed by atoms with Gasteiger partial charge in [0.25, 0.3) is 11.8 Å². The lowest BCUT2D eigenvalue weighted by molar-refractivity contribution is -0.134. The van der Waals surface area contributed by atoms with Crippen LogP contribution in [0.4, 0.5) is 0 Å². The monoisotopic (exact) mass is 332 g/mol. The molecule has 0 spiro atoms. The molecule has 1 saturated heterocycles. The molecule has 0 bridgehead atoms. The fraction of sp³-hybridized carbons (Fsp3) is 0.438. The zero-order valence-electron chi connectivity index (χ0n) is 13.7. The maximum atomic E-state index is 12.4. The zero-order valence-corrected chi connectivity index (χ0v) is 13.7. The molecule has 8 nitrogen and oxygen atoms in total. The number of nitrogens with one attached hydrogen (secondary N) is 1. The third-order valence-electron chi connectivity index (χ3n) is 4.37. The van der Waals surface area contributed by atoms with Gasteiger partial charge in [0, 0.05) is 31.3 Å². The fourth-order valence-electron chi connectivity index (χ4n) is 2.89. The minimum Gasteiger partial charge on any atom is -0.378 e. The molecule has 2 aliphatic heterocycles. The van der Waals surface area contributed by atoms with Gasteiger partial charge in [-0.25, -0.2) is 5.01 Å². The van der Waals surface area contributed by atoms with E-state index in [2.05, 4.69) is 5.10 Å². The van der Waals surface area contributed by atoms with E-state index in [0.29, 0.717) is 43.1 Å². The highest BCUT2D eigenvalue weighted by Gasteiger charge is 2.46. The van der Waals surface area contributed by atoms with E-state index in [1.807, 2.05) is 5.48 Å². The first-order valence-corrected chi connectivity index (χ1v) is 7.73. The third kappa shape index (κ3) is 2.68. The van der Waals surface area contributed by atoms with Crippen LogP contribution < -0.4 is 5.48 Å². The Morgan fingerprint density at radius 2 is 1.92 bits per heavy atom. The first kappa shape index (κ1) is 16.6. The summed E-state index contributed by atoms with van der Waals surface area (Å²) >= 11 is 0. The Hall–Kier alpha value is -2.29. The molecule has 0 aliphatic carbocycles. The Balaban J connectivity index is 1.83. The van der Waals surface area contributed by atoms with Crippen LogP contribution in [0.15, 0.2) is 29.4 Å². The smallest absolute Gasteiger partial charge is 0.270 e. The van der Waals surface area contributed by atoms with Crippen molar-refractivity contribution in [2.24, 2.45) is 5.10 Å². The number of hydrazone groups is 1. The third-order valence-corrected chi connectivity index (χ3v) is 4.37. The number of nitrogens with zero attached hydrogens (tertiary/aromatic N) is 3. The zero-order chi connectivity index (χ0) is 17.3. The molecule has 0 aromatic heterocycles. The molecule has 1 fully saturated rings. The molecule has 2 N–H and O–H groups in total. The number of amides is 2. The predicted molar refractivity (Wildman–Crippen MR) is 85.8 cm³/mol. The summed E-state index contributed by atoms with van der Waals surface area (Å²) in [5, 5.41) is 14.8. The lowest BCUT2D eigenvalue weighted by Crippen LogP contribution is -2.53. The highest BCUT2D eigenvalue weighted by atomic mass is 16.5. The van der Waals surface area contributed by atoms with Crippen LogP contribution in [0.1, 0.15) is 22.8 Å². The highest BCUT2D eigenvalue weighted by molar-refractivity contribution is 6.23. The molecule has 0 radical (unpaired) electrons. The number of carbonyl (C=O) groups is 2. The van der Waals surface area contributed by atoms with Crippen LogP contribution >= 0.6 is 0 Å². The molecule has 1 atom stereocenters. The van der Waals surface area contributed by atoms with Crippen molar-refractivity contribution in [3.05, 3.63) is 35.4 Å². The van der Waals surface area contributed by atoms with Gasteiger partial charge in [0.2, 0.25) is 0 Å². The average Bonchev–Trinajstić information content (AvgIpc) is 2.87. The Kier molecular flexibility index (Phi) is 4.35. The molecule has 24 heavy (non-hydrogen) atoms. The van der Waals surface area contributed by atoms with Crippen molar-refractivity contribution in [2.45, 2.75) is 12.5 Å². The molecule has 1 aromatic rings. The van der Waals surface area contributed by atoms with Crippen LogP contribution in [0.3, 0.4) is 0 Å². The van der Waals surface area contributed by atoms with Crippen molar-refractivity contribution in [1.29, 1.82) is 0 Å². The number of ether oxygens (including phenoxy) is 1. The second-order valence-electron chi connectivity index (χ2n) is 6.00. The summed E-state index contributed by atoms with van der Waals surface area (Å²) in [6.45, 7) is 3.83. The van der Waals surface area contributed by atoms with Crippen molar-refractivity contribution >= 4 is 17.5 Å². The number of hydrogen-bond donors (Lipinski definition) is 2. The largest absolute Gasteiger partial charge is 0.378 e. The highest BCUT2D eigenvalue weighted by Crippen LogP contribution is 2.24. The first-order chi connectivity index (χ1) is 11.5. The van der Waals surface area contributed by atoms with Gasteiger partial charge >= 0.3 is 0 Å². The van der Waals surface area contributed by atoms with E-state index in [1.54, 1.807) is 36.1 Å². The van der Waals surface area contributed by atoms with Gasteiger partial charge in [0.1, 0.15) is 0 Å². The van der Waals surface area contributed by atoms with Crippen LogP contribution in [0.25, 0.3) is 0 Å². The molecule has 1 unspecified atom stereocenters. The topological polar surface area (TPSA) is 94.5 Å². The summed E-state index contributed by atoms with van der Waals surface area (Å²) in [6.07, 6.45) is 0. The molecule has 128 valence electrons. The van der Waals surface area contributed by atoms with Crippen LogP contribution in [-0.4, -0.2) is 71.5 Å². The van der Waals surface area contributed by atoms with Crippen molar-refractivity contribution in [2.75, 3.05) is 33.4 Å². The molecule has 2 heterocycles. The fourth-order valence-corrected chi connectivity index (χ4v) is 2.89. The summed E-state index contributed by atoms with van der Waals surface area (Å²) in [5.74, 6) is -0.400. The minimum absolute atomic E-state index is 0.0468. The van der Waals surface area contributed by atoms with E-state index in [9.17, 15) is 14.8 Å². The quantitative estimate of drug-likeness (QED) is 0.764. The van der Waals surface area contributed by atoms with Gasteiger partial charge in [-0.3, -0.25) is 9.59 Å².